The fourth-order valence-electron chi connectivity index (χ4n) is 1.95. The second-order valence-electron chi connectivity index (χ2n) is 4.50. The average Bonchev–Trinajstić information content (AvgIpc) is 2.37. The Labute approximate surface area is 106 Å². The fraction of sp³-hybridized carbons (Fsp3) is 0.462. The first kappa shape index (κ1) is 12.7. The lowest BCUT2D eigenvalue weighted by molar-refractivity contribution is 0.0186. The van der Waals surface area contributed by atoms with Crippen LogP contribution in [0.3, 0.4) is 0 Å². The summed E-state index contributed by atoms with van der Waals surface area (Å²) in [4.78, 5) is 11.8. The zero-order valence-corrected chi connectivity index (χ0v) is 10.2. The summed E-state index contributed by atoms with van der Waals surface area (Å²) in [5, 5.41) is 0. The minimum Gasteiger partial charge on any atom is -0.462 e. The van der Waals surface area contributed by atoms with Crippen molar-refractivity contribution in [2.45, 2.75) is 12.8 Å². The summed E-state index contributed by atoms with van der Waals surface area (Å²) in [5.74, 6) is -0.00306. The Morgan fingerprint density at radius 3 is 2.72 bits per heavy atom. The molecule has 0 atom stereocenters. The number of carbonyl (C=O) groups excluding carboxylic acids is 1. The Bertz CT molecular complexity index is 428. The lowest BCUT2D eigenvalue weighted by Gasteiger charge is -2.21. The van der Waals surface area contributed by atoms with Gasteiger partial charge in [-0.15, -0.1) is 0 Å². The fourth-order valence-corrected chi connectivity index (χ4v) is 1.95. The van der Waals surface area contributed by atoms with Crippen LogP contribution in [-0.2, 0) is 9.47 Å². The van der Waals surface area contributed by atoms with Gasteiger partial charge in [-0.05, 0) is 37.0 Å². The van der Waals surface area contributed by atoms with Gasteiger partial charge in [-0.25, -0.2) is 4.79 Å². The minimum atomic E-state index is -0.390. The Balaban J connectivity index is 1.90. The predicted octanol–water partition coefficient (Wildman–Crippen LogP) is 1.43. The third kappa shape index (κ3) is 3.13. The highest BCUT2D eigenvalue weighted by Gasteiger charge is 2.17. The van der Waals surface area contributed by atoms with Crippen molar-refractivity contribution >= 4 is 17.3 Å². The number of rotatable bonds is 3. The van der Waals surface area contributed by atoms with Gasteiger partial charge in [-0.1, -0.05) is 0 Å². The molecule has 1 saturated heterocycles. The van der Waals surface area contributed by atoms with E-state index in [-0.39, 0.29) is 5.97 Å². The zero-order valence-electron chi connectivity index (χ0n) is 10.2. The van der Waals surface area contributed by atoms with Crippen LogP contribution in [0.1, 0.15) is 23.2 Å². The summed E-state index contributed by atoms with van der Waals surface area (Å²) in [7, 11) is 0. The third-order valence-corrected chi connectivity index (χ3v) is 3.09. The first-order valence-electron chi connectivity index (χ1n) is 6.06. The number of hydrogen-bond acceptors (Lipinski definition) is 5. The molecule has 5 heteroatoms. The van der Waals surface area contributed by atoms with Gasteiger partial charge in [0.05, 0.1) is 12.2 Å². The number of hydrogen-bond donors (Lipinski definition) is 2. The van der Waals surface area contributed by atoms with Crippen LogP contribution in [0.2, 0.25) is 0 Å². The van der Waals surface area contributed by atoms with Gasteiger partial charge in [0.2, 0.25) is 0 Å². The number of anilines is 2. The normalized spacial score (nSPS) is 16.4. The van der Waals surface area contributed by atoms with Crippen molar-refractivity contribution in [3.63, 3.8) is 0 Å². The maximum absolute atomic E-state index is 11.8. The second-order valence-corrected chi connectivity index (χ2v) is 4.50. The lowest BCUT2D eigenvalue weighted by atomic mass is 10.0. The summed E-state index contributed by atoms with van der Waals surface area (Å²) in [6, 6.07) is 4.80. The van der Waals surface area contributed by atoms with Crippen molar-refractivity contribution in [1.29, 1.82) is 0 Å². The molecule has 0 aliphatic carbocycles. The summed E-state index contributed by atoms with van der Waals surface area (Å²) in [6.45, 7) is 1.91. The number of ether oxygens (including phenoxy) is 2. The van der Waals surface area contributed by atoms with Crippen molar-refractivity contribution in [3.8, 4) is 0 Å². The Morgan fingerprint density at radius 2 is 2.06 bits per heavy atom. The van der Waals surface area contributed by atoms with Crippen molar-refractivity contribution < 1.29 is 14.3 Å². The van der Waals surface area contributed by atoms with Crippen molar-refractivity contribution in [2.24, 2.45) is 5.92 Å². The van der Waals surface area contributed by atoms with E-state index in [0.717, 1.165) is 26.1 Å². The second kappa shape index (κ2) is 5.73. The molecule has 1 aliphatic rings. The van der Waals surface area contributed by atoms with Crippen LogP contribution >= 0.6 is 0 Å². The van der Waals surface area contributed by atoms with E-state index in [1.807, 2.05) is 0 Å². The standard InChI is InChI=1S/C13H18N2O3/c14-10-1-2-11(12(15)7-10)13(16)18-8-9-3-5-17-6-4-9/h1-2,7,9H,3-6,8,14-15H2. The molecule has 18 heavy (non-hydrogen) atoms. The smallest absolute Gasteiger partial charge is 0.340 e. The molecule has 1 aliphatic heterocycles. The first-order valence-corrected chi connectivity index (χ1v) is 6.06. The quantitative estimate of drug-likeness (QED) is 0.626. The van der Waals surface area contributed by atoms with Crippen molar-refractivity contribution in [1.82, 2.24) is 0 Å². The Hall–Kier alpha value is -1.75. The van der Waals surface area contributed by atoms with E-state index in [2.05, 4.69) is 0 Å². The molecule has 0 saturated carbocycles. The predicted molar refractivity (Wildman–Crippen MR) is 69.1 cm³/mol. The molecule has 1 fully saturated rings. The molecular weight excluding hydrogens is 232 g/mol. The first-order chi connectivity index (χ1) is 8.66. The van der Waals surface area contributed by atoms with Gasteiger partial charge >= 0.3 is 5.97 Å². The maximum Gasteiger partial charge on any atom is 0.340 e. The highest BCUT2D eigenvalue weighted by atomic mass is 16.5. The Morgan fingerprint density at radius 1 is 1.33 bits per heavy atom. The minimum absolute atomic E-state index is 0.354. The number of benzene rings is 1. The summed E-state index contributed by atoms with van der Waals surface area (Å²) in [6.07, 6.45) is 1.87. The molecule has 0 unspecified atom stereocenters. The van der Waals surface area contributed by atoms with Gasteiger partial charge in [0.1, 0.15) is 0 Å². The van der Waals surface area contributed by atoms with Crippen molar-refractivity contribution in [3.05, 3.63) is 23.8 Å². The molecule has 4 N–H and O–H groups in total. The highest BCUT2D eigenvalue weighted by molar-refractivity contribution is 5.95. The van der Waals surface area contributed by atoms with Crippen LogP contribution < -0.4 is 11.5 Å². The molecule has 0 spiro atoms. The maximum atomic E-state index is 11.8. The van der Waals surface area contributed by atoms with Gasteiger partial charge < -0.3 is 20.9 Å². The van der Waals surface area contributed by atoms with Crippen LogP contribution in [0.15, 0.2) is 18.2 Å². The highest BCUT2D eigenvalue weighted by Crippen LogP contribution is 2.19. The van der Waals surface area contributed by atoms with Gasteiger partial charge in [-0.2, -0.15) is 0 Å². The van der Waals surface area contributed by atoms with Crippen molar-refractivity contribution in [2.75, 3.05) is 31.3 Å². The van der Waals surface area contributed by atoms with E-state index in [0.29, 0.717) is 29.5 Å². The van der Waals surface area contributed by atoms with E-state index >= 15 is 0 Å². The molecule has 0 radical (unpaired) electrons. The molecule has 2 rings (SSSR count). The molecule has 1 aromatic carbocycles. The molecule has 0 bridgehead atoms. The van der Waals surface area contributed by atoms with E-state index in [1.165, 1.54) is 0 Å². The lowest BCUT2D eigenvalue weighted by Crippen LogP contribution is -2.22. The monoisotopic (exact) mass is 250 g/mol. The van der Waals surface area contributed by atoms with Gasteiger partial charge in [0.25, 0.3) is 0 Å². The largest absolute Gasteiger partial charge is 0.462 e. The van der Waals surface area contributed by atoms with Gasteiger partial charge in [0, 0.05) is 24.6 Å². The number of nitrogen functional groups attached to an aromatic ring is 2. The summed E-state index contributed by atoms with van der Waals surface area (Å²) >= 11 is 0. The average molecular weight is 250 g/mol. The van der Waals surface area contributed by atoms with Crippen LogP contribution in [0.4, 0.5) is 11.4 Å². The van der Waals surface area contributed by atoms with E-state index in [9.17, 15) is 4.79 Å². The van der Waals surface area contributed by atoms with Crippen LogP contribution in [0.5, 0.6) is 0 Å². The zero-order chi connectivity index (χ0) is 13.0. The van der Waals surface area contributed by atoms with Crippen LogP contribution in [-0.4, -0.2) is 25.8 Å². The summed E-state index contributed by atoms with van der Waals surface area (Å²) < 4.78 is 10.5. The van der Waals surface area contributed by atoms with Crippen LogP contribution in [0.25, 0.3) is 0 Å². The van der Waals surface area contributed by atoms with E-state index < -0.39 is 0 Å². The van der Waals surface area contributed by atoms with E-state index in [1.54, 1.807) is 18.2 Å². The molecular formula is C13H18N2O3. The number of esters is 1. The molecule has 1 aromatic rings. The van der Waals surface area contributed by atoms with E-state index in [4.69, 9.17) is 20.9 Å². The molecule has 1 heterocycles. The third-order valence-electron chi connectivity index (χ3n) is 3.09. The molecule has 5 nitrogen and oxygen atoms in total. The molecule has 0 aromatic heterocycles. The summed E-state index contributed by atoms with van der Waals surface area (Å²) in [5.41, 5.74) is 12.6. The number of carbonyl (C=O) groups is 1. The molecule has 98 valence electrons. The van der Waals surface area contributed by atoms with Crippen LogP contribution in [0, 0.1) is 5.92 Å². The SMILES string of the molecule is Nc1ccc(C(=O)OCC2CCOCC2)c(N)c1. The topological polar surface area (TPSA) is 87.6 Å². The van der Waals surface area contributed by atoms with Gasteiger partial charge in [0.15, 0.2) is 0 Å². The molecule has 0 amide bonds. The van der Waals surface area contributed by atoms with Gasteiger partial charge in [-0.3, -0.25) is 0 Å². The Kier molecular flexibility index (Phi) is 4.04. The number of nitrogens with two attached hydrogens (primary N) is 2.